The highest BCUT2D eigenvalue weighted by Crippen LogP contribution is 2.22. The van der Waals surface area contributed by atoms with E-state index >= 15 is 0 Å². The molecule has 5 heteroatoms. The van der Waals surface area contributed by atoms with Crippen molar-refractivity contribution in [2.24, 2.45) is 5.92 Å². The third kappa shape index (κ3) is 2.80. The van der Waals surface area contributed by atoms with Gasteiger partial charge in [-0.1, -0.05) is 6.92 Å². The number of nitrogens with zero attached hydrogens (tertiary/aromatic N) is 3. The van der Waals surface area contributed by atoms with Gasteiger partial charge in [0.05, 0.1) is 0 Å². The number of furan rings is 1. The number of aromatic nitrogens is 2. The minimum absolute atomic E-state index is 0.0221. The summed E-state index contributed by atoms with van der Waals surface area (Å²) in [6.07, 6.45) is 6.70. The fourth-order valence-corrected chi connectivity index (χ4v) is 3.15. The summed E-state index contributed by atoms with van der Waals surface area (Å²) in [6, 6.07) is 1.96. The molecule has 118 valence electrons. The van der Waals surface area contributed by atoms with Gasteiger partial charge in [0.15, 0.2) is 5.76 Å². The minimum Gasteiger partial charge on any atom is -0.456 e. The van der Waals surface area contributed by atoms with Crippen LogP contribution >= 0.6 is 0 Å². The Labute approximate surface area is 130 Å². The fraction of sp³-hybridized carbons (Fsp3) is 0.529. The average Bonchev–Trinajstić information content (AvgIpc) is 3.12. The molecule has 0 bridgehead atoms. The molecule has 0 aromatic carbocycles. The van der Waals surface area contributed by atoms with Crippen LogP contribution in [-0.2, 0) is 19.4 Å². The summed E-state index contributed by atoms with van der Waals surface area (Å²) in [4.78, 5) is 18.7. The Balaban J connectivity index is 1.65. The molecule has 0 spiro atoms. The number of rotatable bonds is 4. The smallest absolute Gasteiger partial charge is 0.289 e. The van der Waals surface area contributed by atoms with E-state index in [1.54, 1.807) is 4.90 Å². The first kappa shape index (κ1) is 14.9. The number of amides is 1. The Morgan fingerprint density at radius 3 is 3.09 bits per heavy atom. The highest BCUT2D eigenvalue weighted by atomic mass is 16.4. The largest absolute Gasteiger partial charge is 0.456 e. The lowest BCUT2D eigenvalue weighted by Crippen LogP contribution is -2.35. The van der Waals surface area contributed by atoms with Gasteiger partial charge in [0.1, 0.15) is 11.6 Å². The van der Waals surface area contributed by atoms with Crippen LogP contribution < -0.4 is 0 Å². The molecule has 3 heterocycles. The van der Waals surface area contributed by atoms with Crippen LogP contribution in [0.2, 0.25) is 0 Å². The molecule has 1 aliphatic heterocycles. The molecule has 0 aliphatic carbocycles. The highest BCUT2D eigenvalue weighted by Gasteiger charge is 2.25. The van der Waals surface area contributed by atoms with Gasteiger partial charge in [-0.2, -0.15) is 0 Å². The highest BCUT2D eigenvalue weighted by molar-refractivity contribution is 5.92. The average molecular weight is 301 g/mol. The zero-order valence-corrected chi connectivity index (χ0v) is 13.5. The standard InChI is InChI=1S/C17H23N3O2/c1-4-14-9-12(2)16(22-14)17(21)19(3)11-13-5-7-20-8-6-18-15(20)10-13/h6,8-9,13H,4-5,7,10-11H2,1-3H3/t13-/m0/s1. The number of fused-ring (bicyclic) bond motifs is 1. The predicted molar refractivity (Wildman–Crippen MR) is 83.8 cm³/mol. The monoisotopic (exact) mass is 301 g/mol. The van der Waals surface area contributed by atoms with Gasteiger partial charge in [-0.05, 0) is 25.3 Å². The van der Waals surface area contributed by atoms with Gasteiger partial charge in [-0.3, -0.25) is 4.79 Å². The zero-order valence-electron chi connectivity index (χ0n) is 13.5. The molecule has 0 unspecified atom stereocenters. The van der Waals surface area contributed by atoms with Crippen LogP contribution in [-0.4, -0.2) is 34.0 Å². The first-order valence-electron chi connectivity index (χ1n) is 7.93. The van der Waals surface area contributed by atoms with Gasteiger partial charge in [-0.25, -0.2) is 4.98 Å². The lowest BCUT2D eigenvalue weighted by molar-refractivity contribution is 0.0729. The van der Waals surface area contributed by atoms with E-state index in [2.05, 4.69) is 9.55 Å². The molecule has 0 radical (unpaired) electrons. The van der Waals surface area contributed by atoms with Crippen molar-refractivity contribution >= 4 is 5.91 Å². The fourth-order valence-electron chi connectivity index (χ4n) is 3.15. The first-order valence-corrected chi connectivity index (χ1v) is 7.93. The second-order valence-corrected chi connectivity index (χ2v) is 6.16. The van der Waals surface area contributed by atoms with Gasteiger partial charge in [0.2, 0.25) is 0 Å². The quantitative estimate of drug-likeness (QED) is 0.872. The van der Waals surface area contributed by atoms with Crippen LogP contribution in [0.25, 0.3) is 0 Å². The molecular weight excluding hydrogens is 278 g/mol. The van der Waals surface area contributed by atoms with Crippen LogP contribution in [0.15, 0.2) is 22.9 Å². The van der Waals surface area contributed by atoms with E-state index in [0.29, 0.717) is 11.7 Å². The molecule has 0 N–H and O–H groups in total. The van der Waals surface area contributed by atoms with Crippen molar-refractivity contribution in [3.05, 3.63) is 41.4 Å². The van der Waals surface area contributed by atoms with Crippen molar-refractivity contribution < 1.29 is 9.21 Å². The van der Waals surface area contributed by atoms with Crippen molar-refractivity contribution in [1.29, 1.82) is 0 Å². The molecule has 0 saturated carbocycles. The summed E-state index contributed by atoms with van der Waals surface area (Å²) in [5.74, 6) is 2.92. The van der Waals surface area contributed by atoms with Crippen molar-refractivity contribution in [3.8, 4) is 0 Å². The van der Waals surface area contributed by atoms with Crippen molar-refractivity contribution in [2.75, 3.05) is 13.6 Å². The van der Waals surface area contributed by atoms with Crippen LogP contribution in [0.1, 0.15) is 41.0 Å². The van der Waals surface area contributed by atoms with E-state index in [4.69, 9.17) is 4.42 Å². The van der Waals surface area contributed by atoms with E-state index in [1.165, 1.54) is 0 Å². The maximum atomic E-state index is 12.6. The molecule has 1 atom stereocenters. The number of imidazole rings is 1. The Bertz CT molecular complexity index is 671. The molecule has 22 heavy (non-hydrogen) atoms. The number of aryl methyl sites for hydroxylation is 3. The van der Waals surface area contributed by atoms with E-state index in [0.717, 1.165) is 49.5 Å². The Hall–Kier alpha value is -2.04. The summed E-state index contributed by atoms with van der Waals surface area (Å²) >= 11 is 0. The second kappa shape index (κ2) is 5.99. The Morgan fingerprint density at radius 2 is 2.36 bits per heavy atom. The SMILES string of the molecule is CCc1cc(C)c(C(=O)N(C)C[C@H]2CCn3ccnc3C2)o1. The number of hydrogen-bond donors (Lipinski definition) is 0. The molecule has 2 aromatic rings. The van der Waals surface area contributed by atoms with E-state index in [1.807, 2.05) is 39.4 Å². The molecule has 0 saturated heterocycles. The summed E-state index contributed by atoms with van der Waals surface area (Å²) in [5.41, 5.74) is 0.924. The molecule has 5 nitrogen and oxygen atoms in total. The van der Waals surface area contributed by atoms with Gasteiger partial charge >= 0.3 is 0 Å². The van der Waals surface area contributed by atoms with Crippen molar-refractivity contribution in [3.63, 3.8) is 0 Å². The van der Waals surface area contributed by atoms with Crippen LogP contribution in [0.5, 0.6) is 0 Å². The normalized spacial score (nSPS) is 17.3. The van der Waals surface area contributed by atoms with Crippen LogP contribution in [0.3, 0.4) is 0 Å². The van der Waals surface area contributed by atoms with Crippen molar-refractivity contribution in [1.82, 2.24) is 14.5 Å². The van der Waals surface area contributed by atoms with Gasteiger partial charge in [0, 0.05) is 50.9 Å². The molecule has 2 aromatic heterocycles. The molecule has 1 aliphatic rings. The third-order valence-corrected chi connectivity index (χ3v) is 4.44. The summed E-state index contributed by atoms with van der Waals surface area (Å²) in [5, 5.41) is 0. The summed E-state index contributed by atoms with van der Waals surface area (Å²) in [6.45, 7) is 5.69. The maximum absolute atomic E-state index is 12.6. The van der Waals surface area contributed by atoms with E-state index < -0.39 is 0 Å². The van der Waals surface area contributed by atoms with Gasteiger partial charge in [0.25, 0.3) is 5.91 Å². The molecular formula is C17H23N3O2. The molecule has 0 fully saturated rings. The second-order valence-electron chi connectivity index (χ2n) is 6.16. The Kier molecular flexibility index (Phi) is 4.05. The van der Waals surface area contributed by atoms with E-state index in [9.17, 15) is 4.79 Å². The first-order chi connectivity index (χ1) is 10.6. The van der Waals surface area contributed by atoms with Gasteiger partial charge in [-0.15, -0.1) is 0 Å². The topological polar surface area (TPSA) is 51.3 Å². The van der Waals surface area contributed by atoms with Crippen molar-refractivity contribution in [2.45, 2.75) is 39.7 Å². The van der Waals surface area contributed by atoms with Gasteiger partial charge < -0.3 is 13.9 Å². The molecule has 3 rings (SSSR count). The minimum atomic E-state index is -0.0221. The Morgan fingerprint density at radius 1 is 1.55 bits per heavy atom. The van der Waals surface area contributed by atoms with Crippen LogP contribution in [0, 0.1) is 12.8 Å². The third-order valence-electron chi connectivity index (χ3n) is 4.44. The summed E-state index contributed by atoms with van der Waals surface area (Å²) < 4.78 is 7.87. The lowest BCUT2D eigenvalue weighted by atomic mass is 9.97. The zero-order chi connectivity index (χ0) is 15.7. The maximum Gasteiger partial charge on any atom is 0.289 e. The summed E-state index contributed by atoms with van der Waals surface area (Å²) in [7, 11) is 1.86. The molecule has 1 amide bonds. The predicted octanol–water partition coefficient (Wildman–Crippen LogP) is 2.68. The lowest BCUT2D eigenvalue weighted by Gasteiger charge is -2.27. The van der Waals surface area contributed by atoms with Crippen LogP contribution in [0.4, 0.5) is 0 Å². The number of carbonyl (C=O) groups is 1. The van der Waals surface area contributed by atoms with E-state index in [-0.39, 0.29) is 5.91 Å². The number of carbonyl (C=O) groups excluding carboxylic acids is 1. The number of hydrogen-bond acceptors (Lipinski definition) is 3.